The molecule has 1 aliphatic carbocycles. The molecular formula is C25H28N2O4S2. The van der Waals surface area contributed by atoms with Crippen molar-refractivity contribution < 1.29 is 18.3 Å². The number of hydrogen-bond donors (Lipinski definition) is 2. The van der Waals surface area contributed by atoms with Gasteiger partial charge in [-0.25, -0.2) is 8.42 Å². The zero-order valence-corrected chi connectivity index (χ0v) is 19.9. The molecule has 174 valence electrons. The molecule has 0 radical (unpaired) electrons. The Morgan fingerprint density at radius 2 is 1.82 bits per heavy atom. The van der Waals surface area contributed by atoms with Gasteiger partial charge in [0.05, 0.1) is 23.3 Å². The predicted molar refractivity (Wildman–Crippen MR) is 133 cm³/mol. The topological polar surface area (TPSA) is 86.7 Å². The number of fused-ring (bicyclic) bond motifs is 2. The van der Waals surface area contributed by atoms with Crippen molar-refractivity contribution in [2.75, 3.05) is 31.2 Å². The number of carbonyl (C=O) groups is 1. The van der Waals surface area contributed by atoms with E-state index in [0.29, 0.717) is 12.3 Å². The van der Waals surface area contributed by atoms with Crippen LogP contribution in [0.1, 0.15) is 23.6 Å². The van der Waals surface area contributed by atoms with Crippen LogP contribution in [0, 0.1) is 0 Å². The van der Waals surface area contributed by atoms with Gasteiger partial charge in [-0.05, 0) is 46.9 Å². The number of thioether (sulfide) groups is 1. The van der Waals surface area contributed by atoms with E-state index in [-0.39, 0.29) is 35.7 Å². The number of sulfonamides is 1. The van der Waals surface area contributed by atoms with Crippen LogP contribution in [0.2, 0.25) is 0 Å². The summed E-state index contributed by atoms with van der Waals surface area (Å²) in [7, 11) is -3.75. The summed E-state index contributed by atoms with van der Waals surface area (Å²) in [6.07, 6.45) is 1.59. The SMILES string of the molecule is O=C(CSCCN(C1CCc2ccccc21)S(=O)(=O)c1ccc2ccccc2c1)NCCO. The maximum Gasteiger partial charge on any atom is 0.243 e. The summed E-state index contributed by atoms with van der Waals surface area (Å²) in [6, 6.07) is 20.8. The molecule has 1 aliphatic rings. The van der Waals surface area contributed by atoms with E-state index in [0.717, 1.165) is 29.2 Å². The second-order valence-electron chi connectivity index (χ2n) is 8.00. The minimum absolute atomic E-state index is 0.102. The zero-order chi connectivity index (χ0) is 23.3. The Morgan fingerprint density at radius 1 is 1.06 bits per heavy atom. The maximum atomic E-state index is 13.9. The lowest BCUT2D eigenvalue weighted by molar-refractivity contribution is -0.118. The molecule has 33 heavy (non-hydrogen) atoms. The molecule has 0 heterocycles. The average molecular weight is 485 g/mol. The van der Waals surface area contributed by atoms with Crippen LogP contribution in [0.25, 0.3) is 10.8 Å². The molecule has 3 aromatic rings. The summed E-state index contributed by atoms with van der Waals surface area (Å²) < 4.78 is 29.3. The van der Waals surface area contributed by atoms with Gasteiger partial charge in [-0.2, -0.15) is 16.1 Å². The van der Waals surface area contributed by atoms with Crippen LogP contribution in [-0.4, -0.2) is 54.9 Å². The highest BCUT2D eigenvalue weighted by molar-refractivity contribution is 8.00. The van der Waals surface area contributed by atoms with Crippen LogP contribution >= 0.6 is 11.8 Å². The Morgan fingerprint density at radius 3 is 2.64 bits per heavy atom. The monoisotopic (exact) mass is 484 g/mol. The Bertz CT molecular complexity index is 1230. The molecular weight excluding hydrogens is 456 g/mol. The molecule has 0 aliphatic heterocycles. The van der Waals surface area contributed by atoms with Gasteiger partial charge in [0.2, 0.25) is 15.9 Å². The third kappa shape index (κ3) is 5.41. The fourth-order valence-electron chi connectivity index (χ4n) is 4.31. The standard InChI is InChI=1S/C25H28N2O4S2/c28-15-13-26-25(29)18-32-16-14-27(24-12-10-20-6-3-4-8-23(20)24)33(30,31)22-11-9-19-5-1-2-7-21(19)17-22/h1-9,11,17,24,28H,10,12-16,18H2,(H,26,29). The molecule has 1 amide bonds. The summed E-state index contributed by atoms with van der Waals surface area (Å²) in [4.78, 5) is 12.1. The highest BCUT2D eigenvalue weighted by Gasteiger charge is 2.36. The normalized spacial score (nSPS) is 15.6. The lowest BCUT2D eigenvalue weighted by atomic mass is 10.1. The van der Waals surface area contributed by atoms with Crippen LogP contribution in [0.15, 0.2) is 71.6 Å². The van der Waals surface area contributed by atoms with Crippen LogP contribution in [0.4, 0.5) is 0 Å². The number of nitrogens with one attached hydrogen (secondary N) is 1. The van der Waals surface area contributed by atoms with Gasteiger partial charge in [-0.15, -0.1) is 0 Å². The first-order valence-corrected chi connectivity index (χ1v) is 13.6. The number of aryl methyl sites for hydroxylation is 1. The molecule has 1 atom stereocenters. The van der Waals surface area contributed by atoms with E-state index < -0.39 is 10.0 Å². The number of amides is 1. The van der Waals surface area contributed by atoms with Gasteiger partial charge in [-0.1, -0.05) is 54.6 Å². The van der Waals surface area contributed by atoms with Gasteiger partial charge in [0.15, 0.2) is 0 Å². The fraction of sp³-hybridized carbons (Fsp3) is 0.320. The molecule has 0 saturated heterocycles. The quantitative estimate of drug-likeness (QED) is 0.431. The van der Waals surface area contributed by atoms with Crippen molar-refractivity contribution in [2.45, 2.75) is 23.8 Å². The van der Waals surface area contributed by atoms with Gasteiger partial charge in [-0.3, -0.25) is 4.79 Å². The first kappa shape index (κ1) is 23.8. The zero-order valence-electron chi connectivity index (χ0n) is 18.3. The van der Waals surface area contributed by atoms with Crippen molar-refractivity contribution in [1.82, 2.24) is 9.62 Å². The molecule has 2 N–H and O–H groups in total. The third-order valence-electron chi connectivity index (χ3n) is 5.90. The summed E-state index contributed by atoms with van der Waals surface area (Å²) >= 11 is 1.39. The number of rotatable bonds is 10. The smallest absolute Gasteiger partial charge is 0.243 e. The van der Waals surface area contributed by atoms with Crippen molar-refractivity contribution in [2.24, 2.45) is 0 Å². The van der Waals surface area contributed by atoms with Crippen LogP contribution in [-0.2, 0) is 21.2 Å². The van der Waals surface area contributed by atoms with Gasteiger partial charge in [0.25, 0.3) is 0 Å². The lowest BCUT2D eigenvalue weighted by Gasteiger charge is -2.29. The van der Waals surface area contributed by atoms with E-state index >= 15 is 0 Å². The highest BCUT2D eigenvalue weighted by atomic mass is 32.2. The number of nitrogens with zero attached hydrogens (tertiary/aromatic N) is 1. The fourth-order valence-corrected chi connectivity index (χ4v) is 6.85. The molecule has 0 aromatic heterocycles. The van der Waals surface area contributed by atoms with Gasteiger partial charge in [0.1, 0.15) is 0 Å². The Labute approximate surface area is 199 Å². The summed E-state index contributed by atoms with van der Waals surface area (Å²) in [5.41, 5.74) is 2.25. The van der Waals surface area contributed by atoms with Crippen molar-refractivity contribution in [1.29, 1.82) is 0 Å². The average Bonchev–Trinajstić information content (AvgIpc) is 3.26. The molecule has 4 rings (SSSR count). The molecule has 0 saturated carbocycles. The first-order chi connectivity index (χ1) is 16.0. The van der Waals surface area contributed by atoms with Crippen LogP contribution in [0.3, 0.4) is 0 Å². The molecule has 0 bridgehead atoms. The molecule has 0 fully saturated rings. The minimum Gasteiger partial charge on any atom is -0.395 e. The lowest BCUT2D eigenvalue weighted by Crippen LogP contribution is -2.36. The van der Waals surface area contributed by atoms with Gasteiger partial charge < -0.3 is 10.4 Å². The van der Waals surface area contributed by atoms with E-state index in [1.165, 1.54) is 17.3 Å². The summed E-state index contributed by atoms with van der Waals surface area (Å²) in [5.74, 6) is 0.563. The third-order valence-corrected chi connectivity index (χ3v) is 8.74. The van der Waals surface area contributed by atoms with Crippen molar-refractivity contribution >= 4 is 38.5 Å². The maximum absolute atomic E-state index is 13.9. The first-order valence-electron chi connectivity index (χ1n) is 11.0. The van der Waals surface area contributed by atoms with E-state index in [2.05, 4.69) is 11.4 Å². The Hall–Kier alpha value is -2.39. The largest absolute Gasteiger partial charge is 0.395 e. The van der Waals surface area contributed by atoms with Crippen molar-refractivity contribution in [3.8, 4) is 0 Å². The molecule has 3 aromatic carbocycles. The number of benzene rings is 3. The van der Waals surface area contributed by atoms with Crippen molar-refractivity contribution in [3.05, 3.63) is 77.9 Å². The van der Waals surface area contributed by atoms with E-state index in [1.54, 1.807) is 16.4 Å². The van der Waals surface area contributed by atoms with Crippen LogP contribution < -0.4 is 5.32 Å². The molecule has 6 nitrogen and oxygen atoms in total. The van der Waals surface area contributed by atoms with Crippen LogP contribution in [0.5, 0.6) is 0 Å². The van der Waals surface area contributed by atoms with E-state index in [9.17, 15) is 13.2 Å². The van der Waals surface area contributed by atoms with E-state index in [4.69, 9.17) is 5.11 Å². The Balaban J connectivity index is 1.58. The van der Waals surface area contributed by atoms with Gasteiger partial charge in [0, 0.05) is 18.8 Å². The summed E-state index contributed by atoms with van der Waals surface area (Å²) in [5, 5.41) is 13.3. The minimum atomic E-state index is -3.75. The number of aliphatic hydroxyl groups excluding tert-OH is 1. The second kappa shape index (κ2) is 10.7. The Kier molecular flexibility index (Phi) is 7.70. The van der Waals surface area contributed by atoms with Crippen molar-refractivity contribution in [3.63, 3.8) is 0 Å². The highest BCUT2D eigenvalue weighted by Crippen LogP contribution is 2.39. The van der Waals surface area contributed by atoms with Gasteiger partial charge >= 0.3 is 0 Å². The molecule has 8 heteroatoms. The second-order valence-corrected chi connectivity index (χ2v) is 11.0. The number of carbonyl (C=O) groups excluding carboxylic acids is 1. The predicted octanol–water partition coefficient (Wildman–Crippen LogP) is 3.36. The van der Waals surface area contributed by atoms with E-state index in [1.807, 2.05) is 48.5 Å². The summed E-state index contributed by atoms with van der Waals surface area (Å²) in [6.45, 7) is 0.433. The number of aliphatic hydroxyl groups is 1. The number of hydrogen-bond acceptors (Lipinski definition) is 5. The molecule has 0 spiro atoms. The molecule has 1 unspecified atom stereocenters.